The molecule has 0 aromatic heterocycles. The standard InChI is InChI=1S/C18H31NO/c1-5-12-19-18(14-20-13-6-7-15(2)3)17-10-8-16(4)9-11-17/h8-11,15,18-19H,5-7,12-14H2,1-4H3. The first kappa shape index (κ1) is 17.2. The molecule has 0 fully saturated rings. The van der Waals surface area contributed by atoms with Crippen LogP contribution in [-0.4, -0.2) is 19.8 Å². The van der Waals surface area contributed by atoms with E-state index in [9.17, 15) is 0 Å². The summed E-state index contributed by atoms with van der Waals surface area (Å²) in [5.41, 5.74) is 2.63. The van der Waals surface area contributed by atoms with Gasteiger partial charge in [0.1, 0.15) is 0 Å². The number of benzene rings is 1. The molecule has 1 unspecified atom stereocenters. The lowest BCUT2D eigenvalue weighted by molar-refractivity contribution is 0.106. The number of nitrogens with one attached hydrogen (secondary N) is 1. The lowest BCUT2D eigenvalue weighted by Crippen LogP contribution is -2.26. The van der Waals surface area contributed by atoms with Gasteiger partial charge < -0.3 is 10.1 Å². The molecule has 1 rings (SSSR count). The number of ether oxygens (including phenoxy) is 1. The van der Waals surface area contributed by atoms with E-state index < -0.39 is 0 Å². The molecule has 0 aliphatic rings. The van der Waals surface area contributed by atoms with Gasteiger partial charge in [0.2, 0.25) is 0 Å². The average molecular weight is 277 g/mol. The lowest BCUT2D eigenvalue weighted by atomic mass is 10.1. The molecule has 20 heavy (non-hydrogen) atoms. The molecule has 0 aliphatic carbocycles. The molecule has 1 aromatic carbocycles. The van der Waals surface area contributed by atoms with Crippen molar-refractivity contribution in [3.63, 3.8) is 0 Å². The summed E-state index contributed by atoms with van der Waals surface area (Å²) in [6.07, 6.45) is 3.55. The second kappa shape index (κ2) is 9.95. The molecule has 0 spiro atoms. The van der Waals surface area contributed by atoms with Crippen molar-refractivity contribution in [2.45, 2.75) is 53.0 Å². The molecular formula is C18H31NO. The largest absolute Gasteiger partial charge is 0.379 e. The molecule has 1 N–H and O–H groups in total. The summed E-state index contributed by atoms with van der Waals surface area (Å²) >= 11 is 0. The lowest BCUT2D eigenvalue weighted by Gasteiger charge is -2.19. The van der Waals surface area contributed by atoms with Crippen LogP contribution in [0, 0.1) is 12.8 Å². The highest BCUT2D eigenvalue weighted by molar-refractivity contribution is 5.24. The molecule has 2 heteroatoms. The second-order valence-corrected chi connectivity index (χ2v) is 6.03. The smallest absolute Gasteiger partial charge is 0.0661 e. The summed E-state index contributed by atoms with van der Waals surface area (Å²) in [5, 5.41) is 3.58. The van der Waals surface area contributed by atoms with Crippen molar-refractivity contribution in [3.05, 3.63) is 35.4 Å². The fraction of sp³-hybridized carbons (Fsp3) is 0.667. The van der Waals surface area contributed by atoms with Crippen LogP contribution in [-0.2, 0) is 4.74 Å². The maximum absolute atomic E-state index is 5.87. The predicted molar refractivity (Wildman–Crippen MR) is 87.1 cm³/mol. The van der Waals surface area contributed by atoms with Crippen LogP contribution < -0.4 is 5.32 Å². The third-order valence-electron chi connectivity index (χ3n) is 3.48. The second-order valence-electron chi connectivity index (χ2n) is 6.03. The Kier molecular flexibility index (Phi) is 8.56. The minimum absolute atomic E-state index is 0.314. The first-order chi connectivity index (χ1) is 9.63. The van der Waals surface area contributed by atoms with E-state index in [1.807, 2.05) is 0 Å². The molecule has 1 aromatic rings. The monoisotopic (exact) mass is 277 g/mol. The first-order valence-electron chi connectivity index (χ1n) is 8.01. The van der Waals surface area contributed by atoms with Crippen molar-refractivity contribution < 1.29 is 4.74 Å². The summed E-state index contributed by atoms with van der Waals surface area (Å²) in [5.74, 6) is 0.768. The van der Waals surface area contributed by atoms with Gasteiger partial charge >= 0.3 is 0 Å². The summed E-state index contributed by atoms with van der Waals surface area (Å²) in [6.45, 7) is 11.5. The SMILES string of the molecule is CCCNC(COCCCC(C)C)c1ccc(C)cc1. The Bertz CT molecular complexity index is 345. The van der Waals surface area contributed by atoms with Gasteiger partial charge in [0.05, 0.1) is 12.6 Å². The van der Waals surface area contributed by atoms with E-state index in [0.29, 0.717) is 6.04 Å². The van der Waals surface area contributed by atoms with Crippen LogP contribution in [0.3, 0.4) is 0 Å². The Balaban J connectivity index is 2.41. The van der Waals surface area contributed by atoms with Gasteiger partial charge in [0.15, 0.2) is 0 Å². The van der Waals surface area contributed by atoms with Gasteiger partial charge in [-0.3, -0.25) is 0 Å². The van der Waals surface area contributed by atoms with E-state index in [-0.39, 0.29) is 0 Å². The zero-order valence-corrected chi connectivity index (χ0v) is 13.6. The molecule has 0 bridgehead atoms. The number of rotatable bonds is 10. The highest BCUT2D eigenvalue weighted by Gasteiger charge is 2.10. The van der Waals surface area contributed by atoms with E-state index in [0.717, 1.165) is 38.5 Å². The third-order valence-corrected chi connectivity index (χ3v) is 3.48. The van der Waals surface area contributed by atoms with Gasteiger partial charge in [-0.05, 0) is 44.2 Å². The van der Waals surface area contributed by atoms with Gasteiger partial charge in [-0.1, -0.05) is 50.6 Å². The normalized spacial score (nSPS) is 12.8. The first-order valence-corrected chi connectivity index (χ1v) is 8.01. The molecule has 114 valence electrons. The van der Waals surface area contributed by atoms with Crippen LogP contribution in [0.2, 0.25) is 0 Å². The quantitative estimate of drug-likeness (QED) is 0.636. The van der Waals surface area contributed by atoms with E-state index >= 15 is 0 Å². The van der Waals surface area contributed by atoms with Gasteiger partial charge in [-0.2, -0.15) is 0 Å². The zero-order chi connectivity index (χ0) is 14.8. The Morgan fingerprint density at radius 1 is 1.15 bits per heavy atom. The molecular weight excluding hydrogens is 246 g/mol. The fourth-order valence-electron chi connectivity index (χ4n) is 2.19. The van der Waals surface area contributed by atoms with E-state index in [1.54, 1.807) is 0 Å². The summed E-state index contributed by atoms with van der Waals surface area (Å²) in [7, 11) is 0. The predicted octanol–water partition coefficient (Wildman–Crippen LogP) is 4.49. The average Bonchev–Trinajstić information content (AvgIpc) is 2.42. The minimum Gasteiger partial charge on any atom is -0.379 e. The van der Waals surface area contributed by atoms with Crippen LogP contribution in [0.15, 0.2) is 24.3 Å². The van der Waals surface area contributed by atoms with E-state index in [2.05, 4.69) is 57.3 Å². The van der Waals surface area contributed by atoms with Crippen molar-refractivity contribution >= 4 is 0 Å². The maximum Gasteiger partial charge on any atom is 0.0661 e. The van der Waals surface area contributed by atoms with E-state index in [1.165, 1.54) is 17.5 Å². The van der Waals surface area contributed by atoms with Crippen LogP contribution in [0.5, 0.6) is 0 Å². The van der Waals surface area contributed by atoms with Crippen LogP contribution in [0.25, 0.3) is 0 Å². The number of hydrogen-bond donors (Lipinski definition) is 1. The molecule has 2 nitrogen and oxygen atoms in total. The highest BCUT2D eigenvalue weighted by atomic mass is 16.5. The van der Waals surface area contributed by atoms with Crippen molar-refractivity contribution in [2.75, 3.05) is 19.8 Å². The van der Waals surface area contributed by atoms with Crippen LogP contribution in [0.4, 0.5) is 0 Å². The third kappa shape index (κ3) is 7.06. The van der Waals surface area contributed by atoms with Crippen molar-refractivity contribution in [1.82, 2.24) is 5.32 Å². The number of aryl methyl sites for hydroxylation is 1. The molecule has 0 heterocycles. The summed E-state index contributed by atoms with van der Waals surface area (Å²) < 4.78 is 5.87. The molecule has 0 amide bonds. The van der Waals surface area contributed by atoms with Crippen LogP contribution in [0.1, 0.15) is 57.2 Å². The summed E-state index contributed by atoms with van der Waals surface area (Å²) in [6, 6.07) is 9.08. The Morgan fingerprint density at radius 2 is 1.85 bits per heavy atom. The zero-order valence-electron chi connectivity index (χ0n) is 13.6. The highest BCUT2D eigenvalue weighted by Crippen LogP contribution is 2.15. The molecule has 0 saturated carbocycles. The van der Waals surface area contributed by atoms with Gasteiger partial charge in [-0.15, -0.1) is 0 Å². The minimum atomic E-state index is 0.314. The van der Waals surface area contributed by atoms with Gasteiger partial charge in [-0.25, -0.2) is 0 Å². The fourth-order valence-corrected chi connectivity index (χ4v) is 2.19. The van der Waals surface area contributed by atoms with Gasteiger partial charge in [0.25, 0.3) is 0 Å². The van der Waals surface area contributed by atoms with E-state index in [4.69, 9.17) is 4.74 Å². The van der Waals surface area contributed by atoms with Crippen molar-refractivity contribution in [3.8, 4) is 0 Å². The molecule has 1 atom stereocenters. The number of hydrogen-bond acceptors (Lipinski definition) is 2. The Morgan fingerprint density at radius 3 is 2.45 bits per heavy atom. The summed E-state index contributed by atoms with van der Waals surface area (Å²) in [4.78, 5) is 0. The molecule has 0 saturated heterocycles. The van der Waals surface area contributed by atoms with Gasteiger partial charge in [0, 0.05) is 6.61 Å². The van der Waals surface area contributed by atoms with Crippen LogP contribution >= 0.6 is 0 Å². The van der Waals surface area contributed by atoms with Crippen molar-refractivity contribution in [1.29, 1.82) is 0 Å². The molecule has 0 aliphatic heterocycles. The molecule has 0 radical (unpaired) electrons. The Labute approximate surface area is 124 Å². The maximum atomic E-state index is 5.87. The topological polar surface area (TPSA) is 21.3 Å². The Hall–Kier alpha value is -0.860. The van der Waals surface area contributed by atoms with Crippen molar-refractivity contribution in [2.24, 2.45) is 5.92 Å².